The highest BCUT2D eigenvalue weighted by Gasteiger charge is 2.23. The van der Waals surface area contributed by atoms with Crippen LogP contribution in [0, 0.1) is 12.8 Å². The number of carbonyl (C=O) groups excluding carboxylic acids is 1. The van der Waals surface area contributed by atoms with Gasteiger partial charge in [0.2, 0.25) is 0 Å². The van der Waals surface area contributed by atoms with Crippen molar-refractivity contribution in [3.8, 4) is 5.75 Å². The Hall–Kier alpha value is -2.40. The van der Waals surface area contributed by atoms with E-state index in [0.717, 1.165) is 61.0 Å². The van der Waals surface area contributed by atoms with E-state index in [1.54, 1.807) is 6.20 Å². The molecule has 1 aliphatic heterocycles. The summed E-state index contributed by atoms with van der Waals surface area (Å²) in [7, 11) is 1.99. The summed E-state index contributed by atoms with van der Waals surface area (Å²) in [5, 5.41) is 3.21. The molecule has 2 aromatic rings. The van der Waals surface area contributed by atoms with Crippen molar-refractivity contribution in [2.75, 3.05) is 26.7 Å². The summed E-state index contributed by atoms with van der Waals surface area (Å²) >= 11 is 0. The Morgan fingerprint density at radius 1 is 1.26 bits per heavy atom. The molecule has 0 unspecified atom stereocenters. The van der Waals surface area contributed by atoms with Crippen molar-refractivity contribution in [3.63, 3.8) is 0 Å². The minimum Gasteiger partial charge on any atom is -0.487 e. The van der Waals surface area contributed by atoms with Crippen LogP contribution in [0.15, 0.2) is 42.6 Å². The number of likely N-dealkylation sites (tertiary alicyclic amines) is 1. The van der Waals surface area contributed by atoms with Gasteiger partial charge in [0.05, 0.1) is 6.20 Å². The molecule has 0 radical (unpaired) electrons. The average molecular weight is 367 g/mol. The molecule has 0 atom stereocenters. The van der Waals surface area contributed by atoms with Crippen LogP contribution >= 0.6 is 0 Å². The van der Waals surface area contributed by atoms with Crippen LogP contribution in [0.5, 0.6) is 5.75 Å². The van der Waals surface area contributed by atoms with Crippen LogP contribution in [0.25, 0.3) is 0 Å². The summed E-state index contributed by atoms with van der Waals surface area (Å²) in [5.74, 6) is 1.59. The van der Waals surface area contributed by atoms with E-state index in [-0.39, 0.29) is 5.91 Å². The number of aromatic nitrogens is 1. The summed E-state index contributed by atoms with van der Waals surface area (Å²) in [6, 6.07) is 11.6. The van der Waals surface area contributed by atoms with E-state index in [1.807, 2.05) is 55.3 Å². The number of rotatable bonds is 7. The van der Waals surface area contributed by atoms with Crippen molar-refractivity contribution >= 4 is 5.91 Å². The Balaban J connectivity index is 1.55. The van der Waals surface area contributed by atoms with Crippen LogP contribution in [0.3, 0.4) is 0 Å². The number of hydrogen-bond donors (Lipinski definition) is 1. The highest BCUT2D eigenvalue weighted by Crippen LogP contribution is 2.22. The molecule has 144 valence electrons. The smallest absolute Gasteiger partial charge is 0.253 e. The predicted octanol–water partition coefficient (Wildman–Crippen LogP) is 3.43. The third kappa shape index (κ3) is 5.54. The first-order valence-corrected chi connectivity index (χ1v) is 9.74. The maximum atomic E-state index is 12.8. The van der Waals surface area contributed by atoms with Crippen molar-refractivity contribution in [1.29, 1.82) is 0 Å². The molecule has 5 heteroatoms. The van der Waals surface area contributed by atoms with Crippen LogP contribution in [0.1, 0.15) is 40.9 Å². The molecular formula is C22H29N3O2. The first-order valence-electron chi connectivity index (χ1n) is 9.74. The fourth-order valence-electron chi connectivity index (χ4n) is 3.46. The molecule has 1 amide bonds. The van der Waals surface area contributed by atoms with E-state index in [1.165, 1.54) is 6.42 Å². The van der Waals surface area contributed by atoms with Crippen molar-refractivity contribution in [3.05, 3.63) is 59.4 Å². The first-order chi connectivity index (χ1) is 13.2. The molecule has 0 bridgehead atoms. The van der Waals surface area contributed by atoms with Crippen molar-refractivity contribution < 1.29 is 9.53 Å². The third-order valence-corrected chi connectivity index (χ3v) is 5.17. The molecular weight excluding hydrogens is 338 g/mol. The number of amides is 1. The molecule has 1 aliphatic rings. The molecule has 0 spiro atoms. The van der Waals surface area contributed by atoms with Crippen LogP contribution in [0.4, 0.5) is 0 Å². The predicted molar refractivity (Wildman–Crippen MR) is 107 cm³/mol. The van der Waals surface area contributed by atoms with Gasteiger partial charge < -0.3 is 15.0 Å². The van der Waals surface area contributed by atoms with Gasteiger partial charge in [-0.05, 0) is 75.5 Å². The summed E-state index contributed by atoms with van der Waals surface area (Å²) in [6.07, 6.45) is 5.11. The number of aryl methyl sites for hydroxylation is 1. The number of carbonyl (C=O) groups is 1. The lowest BCUT2D eigenvalue weighted by Gasteiger charge is -2.32. The lowest BCUT2D eigenvalue weighted by atomic mass is 9.93. The Bertz CT molecular complexity index is 737. The number of ether oxygens (including phenoxy) is 1. The van der Waals surface area contributed by atoms with E-state index >= 15 is 0 Å². The van der Waals surface area contributed by atoms with Gasteiger partial charge in [0.1, 0.15) is 12.4 Å². The van der Waals surface area contributed by atoms with Crippen LogP contribution < -0.4 is 10.1 Å². The molecule has 1 saturated heterocycles. The lowest BCUT2D eigenvalue weighted by Crippen LogP contribution is -2.39. The van der Waals surface area contributed by atoms with Crippen molar-refractivity contribution in [2.45, 2.75) is 32.8 Å². The Morgan fingerprint density at radius 2 is 2.07 bits per heavy atom. The average Bonchev–Trinajstić information content (AvgIpc) is 2.72. The van der Waals surface area contributed by atoms with E-state index < -0.39 is 0 Å². The SMILES string of the molecule is CNCCC1CCN(C(=O)c2cccc(COc3ccc(C)nc3)c2)CC1. The molecule has 0 aliphatic carbocycles. The number of nitrogens with zero attached hydrogens (tertiary/aromatic N) is 2. The van der Waals surface area contributed by atoms with Crippen molar-refractivity contribution in [2.24, 2.45) is 5.92 Å². The molecule has 3 rings (SSSR count). The minimum atomic E-state index is 0.126. The second kappa shape index (κ2) is 9.51. The lowest BCUT2D eigenvalue weighted by molar-refractivity contribution is 0.0687. The van der Waals surface area contributed by atoms with Gasteiger partial charge in [-0.15, -0.1) is 0 Å². The Labute approximate surface area is 161 Å². The van der Waals surface area contributed by atoms with Crippen LogP contribution in [0.2, 0.25) is 0 Å². The summed E-state index contributed by atoms with van der Waals surface area (Å²) in [4.78, 5) is 19.1. The van der Waals surface area contributed by atoms with Gasteiger partial charge in [-0.2, -0.15) is 0 Å². The summed E-state index contributed by atoms with van der Waals surface area (Å²) < 4.78 is 5.79. The molecule has 27 heavy (non-hydrogen) atoms. The molecule has 0 saturated carbocycles. The zero-order valence-corrected chi connectivity index (χ0v) is 16.3. The van der Waals surface area contributed by atoms with E-state index in [9.17, 15) is 4.79 Å². The zero-order valence-electron chi connectivity index (χ0n) is 16.3. The van der Waals surface area contributed by atoms with Gasteiger partial charge >= 0.3 is 0 Å². The monoisotopic (exact) mass is 367 g/mol. The second-order valence-electron chi connectivity index (χ2n) is 7.25. The topological polar surface area (TPSA) is 54.5 Å². The quantitative estimate of drug-likeness (QED) is 0.815. The molecule has 1 aromatic carbocycles. The Kier molecular flexibility index (Phi) is 6.82. The van der Waals surface area contributed by atoms with Crippen LogP contribution in [-0.4, -0.2) is 42.5 Å². The minimum absolute atomic E-state index is 0.126. The molecule has 1 fully saturated rings. The zero-order chi connectivity index (χ0) is 19.1. The maximum Gasteiger partial charge on any atom is 0.253 e. The van der Waals surface area contributed by atoms with Gasteiger partial charge in [-0.3, -0.25) is 9.78 Å². The normalized spacial score (nSPS) is 15.0. The maximum absolute atomic E-state index is 12.8. The van der Waals surface area contributed by atoms with Crippen molar-refractivity contribution in [1.82, 2.24) is 15.2 Å². The van der Waals surface area contributed by atoms with Gasteiger partial charge in [-0.1, -0.05) is 12.1 Å². The van der Waals surface area contributed by atoms with Gasteiger partial charge in [0.25, 0.3) is 5.91 Å². The molecule has 1 N–H and O–H groups in total. The fraction of sp³-hybridized carbons (Fsp3) is 0.455. The van der Waals surface area contributed by atoms with Crippen LogP contribution in [-0.2, 0) is 6.61 Å². The second-order valence-corrected chi connectivity index (χ2v) is 7.25. The van der Waals surface area contributed by atoms with Gasteiger partial charge in [0, 0.05) is 24.3 Å². The highest BCUT2D eigenvalue weighted by molar-refractivity contribution is 5.94. The van der Waals surface area contributed by atoms with E-state index in [4.69, 9.17) is 4.74 Å². The highest BCUT2D eigenvalue weighted by atomic mass is 16.5. The first kappa shape index (κ1) is 19.4. The molecule has 2 heterocycles. The van der Waals surface area contributed by atoms with Gasteiger partial charge in [0.15, 0.2) is 0 Å². The number of nitrogens with one attached hydrogen (secondary N) is 1. The third-order valence-electron chi connectivity index (χ3n) is 5.17. The number of piperidine rings is 1. The number of hydrogen-bond acceptors (Lipinski definition) is 4. The standard InChI is InChI=1S/C22H29N3O2/c1-17-6-7-21(15-24-17)27-16-19-4-3-5-20(14-19)22(26)25-12-9-18(10-13-25)8-11-23-2/h3-7,14-15,18,23H,8-13,16H2,1-2H3. The van der Waals surface area contributed by atoms with E-state index in [2.05, 4.69) is 10.3 Å². The number of benzene rings is 1. The molecule has 1 aromatic heterocycles. The number of pyridine rings is 1. The van der Waals surface area contributed by atoms with Gasteiger partial charge in [-0.25, -0.2) is 0 Å². The Morgan fingerprint density at radius 3 is 2.78 bits per heavy atom. The summed E-state index contributed by atoms with van der Waals surface area (Å²) in [5.41, 5.74) is 2.70. The largest absolute Gasteiger partial charge is 0.487 e. The molecule has 5 nitrogen and oxygen atoms in total. The fourth-order valence-corrected chi connectivity index (χ4v) is 3.46. The summed E-state index contributed by atoms with van der Waals surface area (Å²) in [6.45, 7) is 5.13. The van der Waals surface area contributed by atoms with E-state index in [0.29, 0.717) is 6.61 Å².